The molecule has 0 bridgehead atoms. The van der Waals surface area contributed by atoms with Crippen LogP contribution in [0.5, 0.6) is 5.75 Å². The van der Waals surface area contributed by atoms with Crippen molar-refractivity contribution in [3.63, 3.8) is 0 Å². The van der Waals surface area contributed by atoms with Crippen LogP contribution in [0.25, 0.3) is 0 Å². The molecule has 1 saturated heterocycles. The third-order valence-electron chi connectivity index (χ3n) is 7.46. The molecule has 4 atom stereocenters. The van der Waals surface area contributed by atoms with Gasteiger partial charge in [0.05, 0.1) is 13.0 Å². The number of carbonyl (C=O) groups excluding carboxylic acids is 3. The van der Waals surface area contributed by atoms with E-state index < -0.39 is 40.8 Å². The Morgan fingerprint density at radius 2 is 1.35 bits per heavy atom. The first kappa shape index (κ1) is 27.5. The van der Waals surface area contributed by atoms with Gasteiger partial charge in [0.25, 0.3) is 0 Å². The number of Topliss-reactive ketones (excluding diaryl/α,β-unsaturated/α-hetero) is 1. The maximum absolute atomic E-state index is 13.8. The number of fused-ring (bicyclic) bond motifs is 3. The second-order valence-corrected chi connectivity index (χ2v) is 10.5. The van der Waals surface area contributed by atoms with Crippen LogP contribution in [0.4, 0.5) is 0 Å². The summed E-state index contributed by atoms with van der Waals surface area (Å²) in [5, 5.41) is 0. The molecule has 6 rings (SSSR count). The van der Waals surface area contributed by atoms with Crippen LogP contribution in [0, 0.1) is 5.41 Å². The van der Waals surface area contributed by atoms with Gasteiger partial charge in [-0.2, -0.15) is 0 Å². The van der Waals surface area contributed by atoms with Crippen LogP contribution in [0.3, 0.4) is 0 Å². The number of esters is 2. The topological polar surface area (TPSA) is 78.9 Å². The molecule has 4 aromatic rings. The highest BCUT2D eigenvalue weighted by Gasteiger charge is 2.76. The zero-order valence-electron chi connectivity index (χ0n) is 22.0. The third-order valence-corrected chi connectivity index (χ3v) is 7.99. The van der Waals surface area contributed by atoms with E-state index in [0.29, 0.717) is 22.4 Å². The van der Waals surface area contributed by atoms with Crippen LogP contribution in [0.1, 0.15) is 35.6 Å². The van der Waals surface area contributed by atoms with Gasteiger partial charge in [-0.25, -0.2) is 4.79 Å². The average Bonchev–Trinajstić information content (AvgIpc) is 3.34. The van der Waals surface area contributed by atoms with Gasteiger partial charge in [-0.3, -0.25) is 9.59 Å². The van der Waals surface area contributed by atoms with Crippen LogP contribution >= 0.6 is 15.9 Å². The van der Waals surface area contributed by atoms with E-state index in [4.69, 9.17) is 14.2 Å². The van der Waals surface area contributed by atoms with Crippen LogP contribution in [0.15, 0.2) is 120 Å². The summed E-state index contributed by atoms with van der Waals surface area (Å²) in [5.74, 6) is -2.62. The molecule has 1 fully saturated rings. The van der Waals surface area contributed by atoms with Crippen molar-refractivity contribution in [2.75, 3.05) is 7.11 Å². The van der Waals surface area contributed by atoms with Gasteiger partial charge in [-0.05, 0) is 36.2 Å². The van der Waals surface area contributed by atoms with Crippen LogP contribution in [-0.2, 0) is 29.5 Å². The number of ketones is 1. The molecule has 0 N–H and O–H groups in total. The van der Waals surface area contributed by atoms with Gasteiger partial charge >= 0.3 is 11.9 Å². The zero-order chi connectivity index (χ0) is 28.3. The fraction of sp³-hybridized carbons (Fsp3) is 0.182. The second kappa shape index (κ2) is 11.2. The second-order valence-electron chi connectivity index (χ2n) is 9.58. The SMILES string of the molecule is COC(=O)[C@]1(c2ccccc2)O[C@@H](c2ccc(Br)cc2)[C@]2(C(C)=O)C(=O)Oc3ccccc3[C@@H]21.c1ccccc1. The lowest BCUT2D eigenvalue weighted by atomic mass is 9.59. The Morgan fingerprint density at radius 3 is 1.93 bits per heavy atom. The molecule has 0 radical (unpaired) electrons. The van der Waals surface area contributed by atoms with Crippen molar-refractivity contribution in [2.45, 2.75) is 24.5 Å². The van der Waals surface area contributed by atoms with Gasteiger partial charge in [0, 0.05) is 10.0 Å². The minimum atomic E-state index is -1.81. The number of halogens is 1. The lowest BCUT2D eigenvalue weighted by Crippen LogP contribution is -2.53. The van der Waals surface area contributed by atoms with E-state index in [2.05, 4.69) is 15.9 Å². The first-order valence-corrected chi connectivity index (χ1v) is 13.6. The van der Waals surface area contributed by atoms with E-state index in [0.717, 1.165) is 4.47 Å². The Morgan fingerprint density at radius 1 is 0.800 bits per heavy atom. The molecular formula is C33H27BrO6. The number of hydrogen-bond donors (Lipinski definition) is 0. The first-order valence-electron chi connectivity index (χ1n) is 12.8. The fourth-order valence-corrected chi connectivity index (χ4v) is 6.01. The summed E-state index contributed by atoms with van der Waals surface area (Å²) in [7, 11) is 1.27. The van der Waals surface area contributed by atoms with E-state index in [1.807, 2.05) is 42.5 Å². The minimum Gasteiger partial charge on any atom is -0.467 e. The lowest BCUT2D eigenvalue weighted by molar-refractivity contribution is -0.172. The Hall–Kier alpha value is -4.07. The van der Waals surface area contributed by atoms with Crippen molar-refractivity contribution < 1.29 is 28.6 Å². The van der Waals surface area contributed by atoms with Crippen molar-refractivity contribution in [1.29, 1.82) is 0 Å². The summed E-state index contributed by atoms with van der Waals surface area (Å²) >= 11 is 3.42. The van der Waals surface area contributed by atoms with Gasteiger partial charge in [0.15, 0.2) is 16.8 Å². The summed E-state index contributed by atoms with van der Waals surface area (Å²) < 4.78 is 18.5. The third kappa shape index (κ3) is 4.35. The summed E-state index contributed by atoms with van der Waals surface area (Å²) in [6, 6.07) is 34.9. The molecule has 2 aliphatic heterocycles. The first-order chi connectivity index (χ1) is 19.4. The van der Waals surface area contributed by atoms with E-state index in [1.165, 1.54) is 14.0 Å². The van der Waals surface area contributed by atoms with E-state index >= 15 is 0 Å². The zero-order valence-corrected chi connectivity index (χ0v) is 23.5. The summed E-state index contributed by atoms with van der Waals surface area (Å²) in [6.07, 6.45) is -1.09. The van der Waals surface area contributed by atoms with Crippen LogP contribution < -0.4 is 4.74 Å². The molecule has 0 aromatic heterocycles. The molecule has 0 unspecified atom stereocenters. The molecule has 40 heavy (non-hydrogen) atoms. The Balaban J connectivity index is 0.000000477. The summed E-state index contributed by atoms with van der Waals surface area (Å²) in [6.45, 7) is 1.34. The predicted molar refractivity (Wildman–Crippen MR) is 152 cm³/mol. The maximum Gasteiger partial charge on any atom is 0.343 e. The molecule has 0 spiro atoms. The number of para-hydroxylation sites is 1. The molecule has 2 heterocycles. The smallest absolute Gasteiger partial charge is 0.343 e. The molecule has 2 aliphatic rings. The van der Waals surface area contributed by atoms with Crippen molar-refractivity contribution in [1.82, 2.24) is 0 Å². The van der Waals surface area contributed by atoms with Gasteiger partial charge in [0.1, 0.15) is 11.9 Å². The normalized spacial score (nSPS) is 24.4. The van der Waals surface area contributed by atoms with E-state index in [-0.39, 0.29) is 0 Å². The van der Waals surface area contributed by atoms with Gasteiger partial charge in [-0.1, -0.05) is 113 Å². The Labute approximate surface area is 241 Å². The summed E-state index contributed by atoms with van der Waals surface area (Å²) in [4.78, 5) is 41.0. The standard InChI is InChI=1S/C27H21BrO6.C6H6/c1-16(29)26-22(20-10-6-7-11-21(20)33-24(26)30)27(25(31)32-2,18-8-4-3-5-9-18)34-23(26)17-12-14-19(28)15-13-17;1-2-4-6-5-3-1/h3-15,22-23H,1-2H3;1-6H/t22-,23-,26+,27+;/m0./s1. The molecule has 0 saturated carbocycles. The lowest BCUT2D eigenvalue weighted by Gasteiger charge is -2.41. The molecule has 6 nitrogen and oxygen atoms in total. The fourth-order valence-electron chi connectivity index (χ4n) is 5.75. The minimum absolute atomic E-state index is 0.290. The molecular weight excluding hydrogens is 572 g/mol. The van der Waals surface area contributed by atoms with E-state index in [9.17, 15) is 14.4 Å². The van der Waals surface area contributed by atoms with Crippen LogP contribution in [-0.4, -0.2) is 24.8 Å². The number of ether oxygens (including phenoxy) is 3. The number of carbonyl (C=O) groups is 3. The highest BCUT2D eigenvalue weighted by atomic mass is 79.9. The van der Waals surface area contributed by atoms with Gasteiger partial charge < -0.3 is 14.2 Å². The van der Waals surface area contributed by atoms with Crippen LogP contribution in [0.2, 0.25) is 0 Å². The molecule has 202 valence electrons. The van der Waals surface area contributed by atoms with Crippen molar-refractivity contribution in [3.05, 3.63) is 136 Å². The molecule has 7 heteroatoms. The monoisotopic (exact) mass is 598 g/mol. The Bertz CT molecular complexity index is 1500. The molecule has 0 amide bonds. The summed E-state index contributed by atoms with van der Waals surface area (Å²) in [5.41, 5.74) is -1.99. The molecule has 4 aromatic carbocycles. The number of hydrogen-bond acceptors (Lipinski definition) is 6. The Kier molecular flexibility index (Phi) is 7.70. The van der Waals surface area contributed by atoms with Gasteiger partial charge in [-0.15, -0.1) is 0 Å². The van der Waals surface area contributed by atoms with Crippen molar-refractivity contribution >= 4 is 33.7 Å². The molecule has 0 aliphatic carbocycles. The average molecular weight is 599 g/mol. The largest absolute Gasteiger partial charge is 0.467 e. The van der Waals surface area contributed by atoms with E-state index in [1.54, 1.807) is 72.8 Å². The highest BCUT2D eigenvalue weighted by molar-refractivity contribution is 9.10. The quantitative estimate of drug-likeness (QED) is 0.150. The predicted octanol–water partition coefficient (Wildman–Crippen LogP) is 6.55. The van der Waals surface area contributed by atoms with Crippen molar-refractivity contribution in [2.24, 2.45) is 5.41 Å². The number of rotatable bonds is 4. The van der Waals surface area contributed by atoms with Crippen molar-refractivity contribution in [3.8, 4) is 5.75 Å². The number of benzene rings is 4. The highest BCUT2D eigenvalue weighted by Crippen LogP contribution is 2.68. The van der Waals surface area contributed by atoms with Gasteiger partial charge in [0.2, 0.25) is 0 Å². The maximum atomic E-state index is 13.8. The number of methoxy groups -OCH3 is 1.